The zero-order chi connectivity index (χ0) is 49.5. The summed E-state index contributed by atoms with van der Waals surface area (Å²) < 4.78 is 38.9. The Morgan fingerprint density at radius 1 is 0.212 bits per heavy atom. The van der Waals surface area contributed by atoms with E-state index in [1.807, 2.05) is 19.6 Å². The first-order valence-electron chi connectivity index (χ1n) is 22.6. The predicted molar refractivity (Wildman–Crippen MR) is 241 cm³/mol. The molecule has 0 radical (unpaired) electrons. The number of methoxy groups -OCH3 is 8. The molecular weight excluding hydrogens is 869 g/mol. The van der Waals surface area contributed by atoms with E-state index < -0.39 is 0 Å². The molecule has 0 bridgehead atoms. The number of ether oxygens (including phenoxy) is 8. The summed E-state index contributed by atoms with van der Waals surface area (Å²) in [6, 6.07) is 0. The number of unbranched alkanes of at least 4 members (excludes halogenated alkanes) is 1. The second kappa shape index (κ2) is 39.7. The molecule has 0 aromatic carbocycles. The van der Waals surface area contributed by atoms with Crippen molar-refractivity contribution < 1.29 is 76.3 Å². The van der Waals surface area contributed by atoms with Gasteiger partial charge in [0.05, 0.1) is 108 Å². The number of esters is 8. The molecule has 382 valence electrons. The summed E-state index contributed by atoms with van der Waals surface area (Å²) >= 11 is 0. The van der Waals surface area contributed by atoms with Crippen molar-refractivity contribution in [2.45, 2.75) is 64.2 Å². The molecule has 0 N–H and O–H groups in total. The van der Waals surface area contributed by atoms with Gasteiger partial charge >= 0.3 is 47.8 Å². The Morgan fingerprint density at radius 2 is 0.333 bits per heavy atom. The average Bonchev–Trinajstić information content (AvgIpc) is 3.34. The smallest absolute Gasteiger partial charge is 0.306 e. The first-order valence-corrected chi connectivity index (χ1v) is 22.6. The number of hydrogen-bond acceptors (Lipinski definition) is 22. The van der Waals surface area contributed by atoms with Crippen molar-refractivity contribution in [2.75, 3.05) is 175 Å². The van der Waals surface area contributed by atoms with Crippen molar-refractivity contribution in [3.05, 3.63) is 0 Å². The molecule has 22 nitrogen and oxygen atoms in total. The molecule has 0 saturated heterocycles. The maximum Gasteiger partial charge on any atom is 0.306 e. The predicted octanol–water partition coefficient (Wildman–Crippen LogP) is 0.0834. The minimum Gasteiger partial charge on any atom is -0.469 e. The Balaban J connectivity index is 6.39. The molecule has 0 fully saturated rings. The third kappa shape index (κ3) is 33.1. The van der Waals surface area contributed by atoms with Crippen LogP contribution in [0.2, 0.25) is 0 Å². The van der Waals surface area contributed by atoms with E-state index in [-0.39, 0.29) is 99.1 Å². The highest BCUT2D eigenvalue weighted by atomic mass is 16.5. The molecule has 66 heavy (non-hydrogen) atoms. The molecular formula is C44H80N6O16. The third-order valence-corrected chi connectivity index (χ3v) is 11.0. The van der Waals surface area contributed by atoms with Crippen LogP contribution >= 0.6 is 0 Å². The maximum atomic E-state index is 12.1. The van der Waals surface area contributed by atoms with E-state index >= 15 is 0 Å². The lowest BCUT2D eigenvalue weighted by molar-refractivity contribution is -0.143. The topological polar surface area (TPSA) is 230 Å². The van der Waals surface area contributed by atoms with Gasteiger partial charge in [0.1, 0.15) is 0 Å². The fourth-order valence-corrected chi connectivity index (χ4v) is 6.63. The van der Waals surface area contributed by atoms with Gasteiger partial charge in [0.15, 0.2) is 0 Å². The quantitative estimate of drug-likeness (QED) is 0.0449. The van der Waals surface area contributed by atoms with Crippen LogP contribution in [0.1, 0.15) is 64.2 Å². The number of carbonyl (C=O) groups is 8. The zero-order valence-electron chi connectivity index (χ0n) is 41.0. The molecule has 0 heterocycles. The van der Waals surface area contributed by atoms with Crippen LogP contribution in [-0.2, 0) is 76.3 Å². The van der Waals surface area contributed by atoms with E-state index in [0.29, 0.717) is 118 Å². The van der Waals surface area contributed by atoms with Crippen LogP contribution in [0, 0.1) is 0 Å². The summed E-state index contributed by atoms with van der Waals surface area (Å²) in [4.78, 5) is 109. The van der Waals surface area contributed by atoms with Gasteiger partial charge in [-0.2, -0.15) is 0 Å². The van der Waals surface area contributed by atoms with Crippen molar-refractivity contribution in [1.29, 1.82) is 0 Å². The largest absolute Gasteiger partial charge is 0.469 e. The zero-order valence-corrected chi connectivity index (χ0v) is 41.0. The number of carbonyl (C=O) groups excluding carboxylic acids is 8. The standard InChI is InChI=1S/C44H80N6O16/c1-59-37(51)11-21-47(22-12-38(52)60-2)33-29-45(30-34-48(23-13-39(53)61-3)24-14-40(54)62-4)19-9-10-20-46(31-35-49(25-15-41(55)63-5)26-16-42(56)64-6)32-36-50(27-17-43(57)65-7)28-18-44(58)66-8/h9-36H2,1-8H3. The molecule has 0 rings (SSSR count). The Hall–Kier alpha value is -4.48. The first kappa shape index (κ1) is 61.5. The van der Waals surface area contributed by atoms with Gasteiger partial charge < -0.3 is 67.3 Å². The lowest BCUT2D eigenvalue weighted by atomic mass is 10.2. The highest BCUT2D eigenvalue weighted by Gasteiger charge is 2.19. The fraction of sp³-hybridized carbons (Fsp3) is 0.818. The van der Waals surface area contributed by atoms with Gasteiger partial charge in [-0.1, -0.05) is 0 Å². The summed E-state index contributed by atoms with van der Waals surface area (Å²) in [6.07, 6.45) is 2.72. The van der Waals surface area contributed by atoms with Crippen LogP contribution in [-0.4, -0.2) is 252 Å². The van der Waals surface area contributed by atoms with Gasteiger partial charge in [0, 0.05) is 105 Å². The molecule has 22 heteroatoms. The molecule has 0 aliphatic rings. The van der Waals surface area contributed by atoms with Crippen molar-refractivity contribution >= 4 is 47.8 Å². The van der Waals surface area contributed by atoms with Gasteiger partial charge in [0.2, 0.25) is 0 Å². The van der Waals surface area contributed by atoms with Gasteiger partial charge in [-0.05, 0) is 25.9 Å². The summed E-state index contributed by atoms with van der Waals surface area (Å²) in [5, 5.41) is 0. The Kier molecular flexibility index (Phi) is 37.0. The van der Waals surface area contributed by atoms with E-state index in [2.05, 4.69) is 9.80 Å². The summed E-state index contributed by atoms with van der Waals surface area (Å²) in [7, 11) is 10.6. The van der Waals surface area contributed by atoms with Crippen LogP contribution < -0.4 is 0 Å². The van der Waals surface area contributed by atoms with Crippen LogP contribution in [0.25, 0.3) is 0 Å². The highest BCUT2D eigenvalue weighted by Crippen LogP contribution is 2.08. The van der Waals surface area contributed by atoms with Crippen LogP contribution in [0.5, 0.6) is 0 Å². The number of nitrogens with zero attached hydrogens (tertiary/aromatic N) is 6. The number of rotatable bonds is 41. The first-order chi connectivity index (χ1) is 31.7. The Bertz CT molecular complexity index is 1130. The number of hydrogen-bond donors (Lipinski definition) is 0. The van der Waals surface area contributed by atoms with E-state index in [1.54, 1.807) is 0 Å². The van der Waals surface area contributed by atoms with E-state index in [0.717, 1.165) is 12.8 Å². The normalized spacial score (nSPS) is 11.3. The van der Waals surface area contributed by atoms with Crippen LogP contribution in [0.4, 0.5) is 0 Å². The lowest BCUT2D eigenvalue weighted by Crippen LogP contribution is -2.43. The summed E-state index contributed by atoms with van der Waals surface area (Å²) in [5.41, 5.74) is 0. The molecule has 0 aliphatic heterocycles. The van der Waals surface area contributed by atoms with E-state index in [9.17, 15) is 38.4 Å². The molecule has 0 atom stereocenters. The van der Waals surface area contributed by atoms with Crippen LogP contribution in [0.15, 0.2) is 0 Å². The van der Waals surface area contributed by atoms with Gasteiger partial charge in [-0.15, -0.1) is 0 Å². The molecule has 0 aliphatic carbocycles. The van der Waals surface area contributed by atoms with Crippen LogP contribution in [0.3, 0.4) is 0 Å². The van der Waals surface area contributed by atoms with E-state index in [1.165, 1.54) is 56.9 Å². The van der Waals surface area contributed by atoms with Crippen molar-refractivity contribution in [2.24, 2.45) is 0 Å². The molecule has 0 amide bonds. The van der Waals surface area contributed by atoms with Gasteiger partial charge in [0.25, 0.3) is 0 Å². The lowest BCUT2D eigenvalue weighted by Gasteiger charge is -2.31. The highest BCUT2D eigenvalue weighted by molar-refractivity contribution is 5.72. The second-order valence-corrected chi connectivity index (χ2v) is 15.4. The Morgan fingerprint density at radius 3 is 0.455 bits per heavy atom. The molecule has 0 saturated carbocycles. The summed E-state index contributed by atoms with van der Waals surface area (Å²) in [6.45, 7) is 8.83. The molecule has 0 aromatic heterocycles. The van der Waals surface area contributed by atoms with Gasteiger partial charge in [-0.3, -0.25) is 38.4 Å². The van der Waals surface area contributed by atoms with Crippen molar-refractivity contribution in [1.82, 2.24) is 29.4 Å². The third-order valence-electron chi connectivity index (χ3n) is 11.0. The average molecular weight is 949 g/mol. The molecule has 0 unspecified atom stereocenters. The van der Waals surface area contributed by atoms with E-state index in [4.69, 9.17) is 37.9 Å². The molecule has 0 spiro atoms. The van der Waals surface area contributed by atoms with Crippen molar-refractivity contribution in [3.63, 3.8) is 0 Å². The minimum absolute atomic E-state index is 0.147. The second-order valence-electron chi connectivity index (χ2n) is 15.4. The molecule has 0 aromatic rings. The summed E-state index contributed by atoms with van der Waals surface area (Å²) in [5.74, 6) is -2.92. The Labute approximate surface area is 391 Å². The monoisotopic (exact) mass is 949 g/mol. The maximum absolute atomic E-state index is 12.1. The fourth-order valence-electron chi connectivity index (χ4n) is 6.63. The van der Waals surface area contributed by atoms with Gasteiger partial charge in [-0.25, -0.2) is 0 Å². The minimum atomic E-state index is -0.364. The van der Waals surface area contributed by atoms with Crippen molar-refractivity contribution in [3.8, 4) is 0 Å². The SMILES string of the molecule is COC(=O)CCN(CCC(=O)OC)CCN(CCCCN(CCN(CCC(=O)OC)CCC(=O)OC)CCN(CCC(=O)OC)CCC(=O)OC)CCN(CCC(=O)OC)CCC(=O)OC.